The van der Waals surface area contributed by atoms with Crippen molar-refractivity contribution in [3.63, 3.8) is 0 Å². The molecule has 2 saturated heterocycles. The van der Waals surface area contributed by atoms with Crippen molar-refractivity contribution < 1.29 is 14.3 Å². The number of carbonyl (C=O) groups excluding carboxylic acids is 2. The van der Waals surface area contributed by atoms with Crippen LogP contribution in [-0.2, 0) is 11.3 Å². The fraction of sp³-hybridized carbons (Fsp3) is 0.394. The van der Waals surface area contributed by atoms with Crippen LogP contribution in [0.25, 0.3) is 0 Å². The Morgan fingerprint density at radius 2 is 1.55 bits per heavy atom. The van der Waals surface area contributed by atoms with Crippen molar-refractivity contribution in [2.45, 2.75) is 38.3 Å². The first-order valence-electron chi connectivity index (χ1n) is 14.3. The molecule has 0 aliphatic carbocycles. The van der Waals surface area contributed by atoms with Crippen LogP contribution in [0.3, 0.4) is 0 Å². The summed E-state index contributed by atoms with van der Waals surface area (Å²) < 4.78 is 5.64. The molecule has 2 fully saturated rings. The van der Waals surface area contributed by atoms with Crippen molar-refractivity contribution in [3.8, 4) is 0 Å². The molecule has 7 heteroatoms. The molecule has 3 aromatic carbocycles. The van der Waals surface area contributed by atoms with E-state index in [0.717, 1.165) is 38.0 Å². The number of hydrogen-bond donors (Lipinski definition) is 0. The van der Waals surface area contributed by atoms with Gasteiger partial charge in [-0.05, 0) is 48.9 Å². The molecule has 0 spiro atoms. The summed E-state index contributed by atoms with van der Waals surface area (Å²) in [6.07, 6.45) is 1.59. The Bertz CT molecular complexity index is 1260. The van der Waals surface area contributed by atoms with Crippen molar-refractivity contribution in [2.75, 3.05) is 39.3 Å². The fourth-order valence-electron chi connectivity index (χ4n) is 6.19. The van der Waals surface area contributed by atoms with Crippen molar-refractivity contribution in [3.05, 3.63) is 107 Å². The maximum Gasteiger partial charge on any atom is 0.410 e. The SMILES string of the molecule is CCN(C(=O)OCc1ccccc1)C1CCN(C[C@H]2CN(C(=O)c3ccccc3Cl)C[C@@H]2c2ccccc2)CC1. The second-order valence-corrected chi connectivity index (χ2v) is 11.2. The van der Waals surface area contributed by atoms with Gasteiger partial charge >= 0.3 is 6.09 Å². The predicted octanol–water partition coefficient (Wildman–Crippen LogP) is 6.32. The van der Waals surface area contributed by atoms with E-state index in [-0.39, 0.29) is 24.0 Å². The molecule has 2 aliphatic rings. The molecule has 40 heavy (non-hydrogen) atoms. The molecule has 0 unspecified atom stereocenters. The maximum absolute atomic E-state index is 13.4. The van der Waals surface area contributed by atoms with Crippen LogP contribution in [0.1, 0.15) is 47.2 Å². The van der Waals surface area contributed by atoms with Gasteiger partial charge in [-0.3, -0.25) is 4.79 Å². The molecule has 5 rings (SSSR count). The molecule has 210 valence electrons. The molecule has 0 radical (unpaired) electrons. The molecule has 0 aromatic heterocycles. The van der Waals surface area contributed by atoms with Gasteiger partial charge in [-0.1, -0.05) is 84.4 Å². The van der Waals surface area contributed by atoms with E-state index in [4.69, 9.17) is 16.3 Å². The van der Waals surface area contributed by atoms with Gasteiger partial charge in [0, 0.05) is 51.2 Å². The number of rotatable bonds is 8. The van der Waals surface area contributed by atoms with Crippen LogP contribution < -0.4 is 0 Å². The number of hydrogen-bond acceptors (Lipinski definition) is 4. The first-order valence-corrected chi connectivity index (χ1v) is 14.7. The molecule has 6 nitrogen and oxygen atoms in total. The maximum atomic E-state index is 13.4. The van der Waals surface area contributed by atoms with Crippen LogP contribution in [-0.4, -0.2) is 72.0 Å². The third-order valence-corrected chi connectivity index (χ3v) is 8.66. The van der Waals surface area contributed by atoms with Crippen LogP contribution in [0.5, 0.6) is 0 Å². The first-order chi connectivity index (χ1) is 19.5. The van der Waals surface area contributed by atoms with E-state index in [2.05, 4.69) is 29.2 Å². The highest BCUT2D eigenvalue weighted by Gasteiger charge is 2.38. The first kappa shape index (κ1) is 28.2. The van der Waals surface area contributed by atoms with Crippen molar-refractivity contribution in [1.82, 2.24) is 14.7 Å². The summed E-state index contributed by atoms with van der Waals surface area (Å²) in [4.78, 5) is 32.7. The lowest BCUT2D eigenvalue weighted by molar-refractivity contribution is 0.0602. The number of nitrogens with zero attached hydrogens (tertiary/aromatic N) is 3. The van der Waals surface area contributed by atoms with Crippen molar-refractivity contribution in [2.24, 2.45) is 5.92 Å². The summed E-state index contributed by atoms with van der Waals surface area (Å²) in [5.74, 6) is 0.592. The number of ether oxygens (including phenoxy) is 1. The third-order valence-electron chi connectivity index (χ3n) is 8.33. The summed E-state index contributed by atoms with van der Waals surface area (Å²) in [7, 11) is 0. The fourth-order valence-corrected chi connectivity index (χ4v) is 6.41. The molecule has 2 atom stereocenters. The minimum Gasteiger partial charge on any atom is -0.445 e. The molecule has 0 saturated carbocycles. The van der Waals surface area contributed by atoms with Gasteiger partial charge in [0.2, 0.25) is 0 Å². The number of likely N-dealkylation sites (tertiary alicyclic amines) is 2. The Morgan fingerprint density at radius 3 is 2.23 bits per heavy atom. The smallest absolute Gasteiger partial charge is 0.410 e. The van der Waals surface area contributed by atoms with Gasteiger partial charge in [-0.2, -0.15) is 0 Å². The van der Waals surface area contributed by atoms with Gasteiger partial charge < -0.3 is 19.4 Å². The minimum absolute atomic E-state index is 0.000317. The molecular weight excluding hydrogens is 522 g/mol. The minimum atomic E-state index is -0.238. The topological polar surface area (TPSA) is 53.1 Å². The van der Waals surface area contributed by atoms with Crippen molar-refractivity contribution >= 4 is 23.6 Å². The molecule has 0 bridgehead atoms. The largest absolute Gasteiger partial charge is 0.445 e. The van der Waals surface area contributed by atoms with E-state index in [9.17, 15) is 9.59 Å². The van der Waals surface area contributed by atoms with Crippen LogP contribution in [0, 0.1) is 5.92 Å². The Kier molecular flexibility index (Phi) is 9.40. The van der Waals surface area contributed by atoms with E-state index in [1.54, 1.807) is 6.07 Å². The van der Waals surface area contributed by atoms with Crippen LogP contribution in [0.15, 0.2) is 84.9 Å². The highest BCUT2D eigenvalue weighted by Crippen LogP contribution is 2.35. The Hall–Kier alpha value is -3.35. The van der Waals surface area contributed by atoms with Gasteiger partial charge in [0.15, 0.2) is 0 Å². The molecule has 2 aliphatic heterocycles. The second kappa shape index (κ2) is 13.3. The zero-order valence-corrected chi connectivity index (χ0v) is 23.9. The van der Waals surface area contributed by atoms with Crippen LogP contribution >= 0.6 is 11.6 Å². The third kappa shape index (κ3) is 6.68. The monoisotopic (exact) mass is 559 g/mol. The number of amides is 2. The summed E-state index contributed by atoms with van der Waals surface area (Å²) >= 11 is 6.37. The number of carbonyl (C=O) groups is 2. The number of benzene rings is 3. The Morgan fingerprint density at radius 1 is 0.900 bits per heavy atom. The molecule has 0 N–H and O–H groups in total. The second-order valence-electron chi connectivity index (χ2n) is 10.8. The van der Waals surface area contributed by atoms with Crippen LogP contribution in [0.2, 0.25) is 5.02 Å². The molecular formula is C33H38ClN3O3. The Balaban J connectivity index is 1.20. The number of piperidine rings is 1. The normalized spacial score (nSPS) is 19.9. The zero-order chi connectivity index (χ0) is 27.9. The van der Waals surface area contributed by atoms with Gasteiger partial charge in [-0.15, -0.1) is 0 Å². The van der Waals surface area contributed by atoms with E-state index >= 15 is 0 Å². The van der Waals surface area contributed by atoms with E-state index in [1.165, 1.54) is 5.56 Å². The van der Waals surface area contributed by atoms with Crippen molar-refractivity contribution in [1.29, 1.82) is 0 Å². The lowest BCUT2D eigenvalue weighted by Gasteiger charge is -2.38. The standard InChI is InChI=1S/C33H38ClN3O3/c1-2-37(33(39)40-24-25-11-5-3-6-12-25)28-17-19-35(20-18-28)21-27-22-36(23-30(27)26-13-7-4-8-14-26)32(38)29-15-9-10-16-31(29)34/h3-16,27-28,30H,2,17-24H2,1H3/t27-,30+/m0/s1. The lowest BCUT2D eigenvalue weighted by Crippen LogP contribution is -2.48. The predicted molar refractivity (Wildman–Crippen MR) is 158 cm³/mol. The summed E-state index contributed by atoms with van der Waals surface area (Å²) in [6.45, 7) is 7.10. The highest BCUT2D eigenvalue weighted by atomic mass is 35.5. The zero-order valence-electron chi connectivity index (χ0n) is 23.1. The summed E-state index contributed by atoms with van der Waals surface area (Å²) in [5, 5.41) is 0.497. The molecule has 3 aromatic rings. The molecule has 2 heterocycles. The van der Waals surface area contributed by atoms with Gasteiger partial charge in [-0.25, -0.2) is 4.79 Å². The molecule has 2 amide bonds. The quantitative estimate of drug-likeness (QED) is 0.324. The number of halogens is 1. The van der Waals surface area contributed by atoms with Gasteiger partial charge in [0.25, 0.3) is 5.91 Å². The lowest BCUT2D eigenvalue weighted by atomic mass is 9.88. The van der Waals surface area contributed by atoms with E-state index < -0.39 is 0 Å². The van der Waals surface area contributed by atoms with Gasteiger partial charge in [0.1, 0.15) is 6.61 Å². The average molecular weight is 560 g/mol. The van der Waals surface area contributed by atoms with Crippen LogP contribution in [0.4, 0.5) is 4.79 Å². The summed E-state index contributed by atoms with van der Waals surface area (Å²) in [5.41, 5.74) is 2.83. The average Bonchev–Trinajstić information content (AvgIpc) is 3.42. The van der Waals surface area contributed by atoms with E-state index in [0.29, 0.717) is 42.7 Å². The highest BCUT2D eigenvalue weighted by molar-refractivity contribution is 6.33. The van der Waals surface area contributed by atoms with E-state index in [1.807, 2.05) is 71.3 Å². The summed E-state index contributed by atoms with van der Waals surface area (Å²) in [6, 6.07) is 27.8. The Labute approximate surface area is 242 Å². The van der Waals surface area contributed by atoms with Gasteiger partial charge in [0.05, 0.1) is 10.6 Å².